The summed E-state index contributed by atoms with van der Waals surface area (Å²) in [6, 6.07) is 0.624. The van der Waals surface area contributed by atoms with Crippen molar-refractivity contribution in [2.45, 2.75) is 57.8 Å². The van der Waals surface area contributed by atoms with Gasteiger partial charge in [-0.3, -0.25) is 0 Å². The van der Waals surface area contributed by atoms with Crippen LogP contribution in [0.5, 0.6) is 0 Å². The Morgan fingerprint density at radius 2 is 1.77 bits per heavy atom. The van der Waals surface area contributed by atoms with Crippen molar-refractivity contribution >= 4 is 0 Å². The molecule has 0 unspecified atom stereocenters. The van der Waals surface area contributed by atoms with E-state index < -0.39 is 0 Å². The molecule has 0 aliphatic heterocycles. The molecule has 0 amide bonds. The minimum absolute atomic E-state index is 0.00324. The fraction of sp³-hybridized carbons (Fsp3) is 1.00. The van der Waals surface area contributed by atoms with Gasteiger partial charge in [0.1, 0.15) is 0 Å². The van der Waals surface area contributed by atoms with Crippen LogP contribution in [0.3, 0.4) is 0 Å². The number of hydrogen-bond donors (Lipinski definition) is 0. The predicted octanol–water partition coefficient (Wildman–Crippen LogP) is 2.28. The van der Waals surface area contributed by atoms with Gasteiger partial charge in [-0.05, 0) is 54.1 Å². The molecule has 0 aromatic carbocycles. The minimum atomic E-state index is 0.00324. The molecule has 1 rings (SSSR count). The van der Waals surface area contributed by atoms with Crippen molar-refractivity contribution in [2.24, 2.45) is 0 Å². The second-order valence-corrected chi connectivity index (χ2v) is 5.23. The third-order valence-corrected chi connectivity index (χ3v) is 2.59. The quantitative estimate of drug-likeness (QED) is 0.654. The van der Waals surface area contributed by atoms with Crippen LogP contribution in [0.15, 0.2) is 0 Å². The summed E-state index contributed by atoms with van der Waals surface area (Å²) >= 11 is 0. The highest BCUT2D eigenvalue weighted by molar-refractivity contribution is 4.85. The third kappa shape index (κ3) is 3.28. The van der Waals surface area contributed by atoms with Gasteiger partial charge in [0.25, 0.3) is 0 Å². The van der Waals surface area contributed by atoms with Gasteiger partial charge in [0.2, 0.25) is 0 Å². The Bertz CT molecular complexity index is 160. The maximum absolute atomic E-state index is 6.03. The molecule has 2 heteroatoms. The van der Waals surface area contributed by atoms with Crippen molar-refractivity contribution < 1.29 is 4.74 Å². The van der Waals surface area contributed by atoms with E-state index in [0.29, 0.717) is 12.1 Å². The summed E-state index contributed by atoms with van der Waals surface area (Å²) in [6.45, 7) is 6.41. The zero-order valence-corrected chi connectivity index (χ0v) is 9.63. The summed E-state index contributed by atoms with van der Waals surface area (Å²) in [5.41, 5.74) is 0.00324. The minimum Gasteiger partial charge on any atom is -0.371 e. The highest BCUT2D eigenvalue weighted by atomic mass is 16.5. The van der Waals surface area contributed by atoms with Gasteiger partial charge < -0.3 is 9.64 Å². The summed E-state index contributed by atoms with van der Waals surface area (Å²) in [5.74, 6) is 0. The van der Waals surface area contributed by atoms with Crippen LogP contribution in [0.25, 0.3) is 0 Å². The maximum Gasteiger partial charge on any atom is 0.0737 e. The Balaban J connectivity index is 2.49. The van der Waals surface area contributed by atoms with Crippen molar-refractivity contribution in [3.63, 3.8) is 0 Å². The summed E-state index contributed by atoms with van der Waals surface area (Å²) in [6.07, 6.45) is 4.26. The largest absolute Gasteiger partial charge is 0.371 e. The summed E-state index contributed by atoms with van der Waals surface area (Å²) in [4.78, 5) is 2.30. The van der Waals surface area contributed by atoms with Crippen molar-refractivity contribution in [3.8, 4) is 0 Å². The van der Waals surface area contributed by atoms with Gasteiger partial charge >= 0.3 is 0 Å². The molecule has 0 aromatic rings. The number of rotatable bonds is 2. The van der Waals surface area contributed by atoms with Gasteiger partial charge in [0.05, 0.1) is 11.7 Å². The maximum atomic E-state index is 6.03. The first-order chi connectivity index (χ1) is 5.90. The highest BCUT2D eigenvalue weighted by Crippen LogP contribution is 2.28. The number of hydrogen-bond acceptors (Lipinski definition) is 2. The molecule has 0 aromatic heterocycles. The van der Waals surface area contributed by atoms with E-state index in [1.807, 2.05) is 0 Å². The van der Waals surface area contributed by atoms with Crippen molar-refractivity contribution in [1.29, 1.82) is 0 Å². The van der Waals surface area contributed by atoms with Crippen LogP contribution in [0, 0.1) is 0 Å². The lowest BCUT2D eigenvalue weighted by Crippen LogP contribution is -2.40. The molecule has 2 atom stereocenters. The third-order valence-electron chi connectivity index (χ3n) is 2.59. The topological polar surface area (TPSA) is 12.5 Å². The Kier molecular flexibility index (Phi) is 3.36. The molecule has 1 fully saturated rings. The average Bonchev–Trinajstić information content (AvgIpc) is 2.31. The van der Waals surface area contributed by atoms with Gasteiger partial charge in [-0.25, -0.2) is 0 Å². The van der Waals surface area contributed by atoms with E-state index >= 15 is 0 Å². The molecule has 0 bridgehead atoms. The normalized spacial score (nSPS) is 30.0. The molecule has 1 saturated carbocycles. The monoisotopic (exact) mass is 185 g/mol. The second kappa shape index (κ2) is 3.97. The Morgan fingerprint density at radius 1 is 1.15 bits per heavy atom. The molecule has 0 heterocycles. The van der Waals surface area contributed by atoms with Gasteiger partial charge in [0, 0.05) is 6.04 Å². The van der Waals surface area contributed by atoms with Crippen molar-refractivity contribution in [2.75, 3.05) is 14.1 Å². The molecular weight excluding hydrogens is 162 g/mol. The Hall–Kier alpha value is -0.0800. The lowest BCUT2D eigenvalue weighted by molar-refractivity contribution is -0.0791. The SMILES string of the molecule is CN(C)[C@H]1CCC[C@@H]1OC(C)(C)C. The van der Waals surface area contributed by atoms with E-state index in [1.54, 1.807) is 0 Å². The molecule has 0 saturated heterocycles. The van der Waals surface area contributed by atoms with E-state index in [9.17, 15) is 0 Å². The average molecular weight is 185 g/mol. The Labute approximate surface area is 82.3 Å². The Morgan fingerprint density at radius 3 is 2.23 bits per heavy atom. The molecule has 0 radical (unpaired) electrons. The van der Waals surface area contributed by atoms with E-state index in [1.165, 1.54) is 19.3 Å². The summed E-state index contributed by atoms with van der Waals surface area (Å²) in [7, 11) is 4.30. The zero-order chi connectivity index (χ0) is 10.1. The zero-order valence-electron chi connectivity index (χ0n) is 9.63. The standard InChI is InChI=1S/C11H23NO/c1-11(2,3)13-10-8-6-7-9(10)12(4)5/h9-10H,6-8H2,1-5H3/t9-,10-/m0/s1. The van der Waals surface area contributed by atoms with E-state index in [-0.39, 0.29) is 5.60 Å². The van der Waals surface area contributed by atoms with Crippen molar-refractivity contribution in [3.05, 3.63) is 0 Å². The van der Waals surface area contributed by atoms with Crippen LogP contribution < -0.4 is 0 Å². The first-order valence-corrected chi connectivity index (χ1v) is 5.24. The fourth-order valence-electron chi connectivity index (χ4n) is 2.09. The van der Waals surface area contributed by atoms with Crippen molar-refractivity contribution in [1.82, 2.24) is 4.90 Å². The smallest absolute Gasteiger partial charge is 0.0737 e. The van der Waals surface area contributed by atoms with Crippen LogP contribution in [0.4, 0.5) is 0 Å². The first kappa shape index (κ1) is 11.0. The van der Waals surface area contributed by atoms with E-state index in [0.717, 1.165) is 0 Å². The van der Waals surface area contributed by atoms with E-state index in [2.05, 4.69) is 39.8 Å². The number of ether oxygens (including phenoxy) is 1. The molecular formula is C11H23NO. The van der Waals surface area contributed by atoms with Gasteiger partial charge in [0.15, 0.2) is 0 Å². The molecule has 1 aliphatic carbocycles. The van der Waals surface area contributed by atoms with Crippen LogP contribution in [-0.4, -0.2) is 36.7 Å². The number of nitrogens with zero attached hydrogens (tertiary/aromatic N) is 1. The lowest BCUT2D eigenvalue weighted by Gasteiger charge is -2.32. The van der Waals surface area contributed by atoms with Gasteiger partial charge in [-0.1, -0.05) is 0 Å². The van der Waals surface area contributed by atoms with Crippen LogP contribution in [0.1, 0.15) is 40.0 Å². The molecule has 0 N–H and O–H groups in total. The first-order valence-electron chi connectivity index (χ1n) is 5.24. The predicted molar refractivity (Wildman–Crippen MR) is 56.0 cm³/mol. The van der Waals surface area contributed by atoms with E-state index in [4.69, 9.17) is 4.74 Å². The lowest BCUT2D eigenvalue weighted by atomic mass is 10.1. The van der Waals surface area contributed by atoms with Gasteiger partial charge in [-0.15, -0.1) is 0 Å². The van der Waals surface area contributed by atoms with Crippen LogP contribution >= 0.6 is 0 Å². The number of likely N-dealkylation sites (N-methyl/N-ethyl adjacent to an activating group) is 1. The fourth-order valence-corrected chi connectivity index (χ4v) is 2.09. The van der Waals surface area contributed by atoms with Crippen LogP contribution in [-0.2, 0) is 4.74 Å². The highest BCUT2D eigenvalue weighted by Gasteiger charge is 2.32. The molecule has 1 aliphatic rings. The molecule has 78 valence electrons. The summed E-state index contributed by atoms with van der Waals surface area (Å²) < 4.78 is 6.03. The second-order valence-electron chi connectivity index (χ2n) is 5.23. The van der Waals surface area contributed by atoms with Gasteiger partial charge in [-0.2, -0.15) is 0 Å². The molecule has 0 spiro atoms. The van der Waals surface area contributed by atoms with Crippen LogP contribution in [0.2, 0.25) is 0 Å². The molecule has 13 heavy (non-hydrogen) atoms. The summed E-state index contributed by atoms with van der Waals surface area (Å²) in [5, 5.41) is 0. The molecule has 2 nitrogen and oxygen atoms in total.